The average Bonchev–Trinajstić information content (AvgIpc) is 2.99. The molecule has 0 radical (unpaired) electrons. The van der Waals surface area contributed by atoms with Gasteiger partial charge in [0.15, 0.2) is 0 Å². The predicted molar refractivity (Wildman–Crippen MR) is 68.9 cm³/mol. The number of hydrogen-bond acceptors (Lipinski definition) is 2. The lowest BCUT2D eigenvalue weighted by molar-refractivity contribution is -0.125. The Morgan fingerprint density at radius 1 is 1.33 bits per heavy atom. The van der Waals surface area contributed by atoms with Crippen molar-refractivity contribution in [1.82, 2.24) is 9.88 Å². The van der Waals surface area contributed by atoms with E-state index < -0.39 is 0 Å². The second kappa shape index (κ2) is 5.58. The van der Waals surface area contributed by atoms with Crippen LogP contribution in [0.5, 0.6) is 0 Å². The second-order valence-electron chi connectivity index (χ2n) is 4.62. The van der Waals surface area contributed by atoms with Gasteiger partial charge >= 0.3 is 0 Å². The van der Waals surface area contributed by atoms with Crippen molar-refractivity contribution < 1.29 is 9.21 Å². The van der Waals surface area contributed by atoms with Gasteiger partial charge in [0.1, 0.15) is 11.8 Å². The minimum atomic E-state index is -0.185. The van der Waals surface area contributed by atoms with E-state index >= 15 is 0 Å². The number of rotatable bonds is 5. The van der Waals surface area contributed by atoms with Crippen LogP contribution < -0.4 is 5.32 Å². The Morgan fingerprint density at radius 3 is 2.61 bits per heavy atom. The van der Waals surface area contributed by atoms with Crippen molar-refractivity contribution in [3.63, 3.8) is 0 Å². The zero-order valence-corrected chi connectivity index (χ0v) is 10.7. The SMILES string of the molecule is CC(C)[C@H](C(=O)NCc1ccco1)n1cccc1. The fourth-order valence-electron chi connectivity index (χ4n) is 2.01. The molecule has 4 nitrogen and oxygen atoms in total. The highest BCUT2D eigenvalue weighted by atomic mass is 16.3. The van der Waals surface area contributed by atoms with Crippen molar-refractivity contribution >= 4 is 5.91 Å². The van der Waals surface area contributed by atoms with Crippen molar-refractivity contribution in [2.24, 2.45) is 5.92 Å². The highest BCUT2D eigenvalue weighted by Gasteiger charge is 2.22. The molecule has 0 spiro atoms. The van der Waals surface area contributed by atoms with E-state index in [0.717, 1.165) is 5.76 Å². The van der Waals surface area contributed by atoms with Gasteiger partial charge < -0.3 is 14.3 Å². The third-order valence-corrected chi connectivity index (χ3v) is 2.87. The molecule has 0 aliphatic rings. The Morgan fingerprint density at radius 2 is 2.06 bits per heavy atom. The number of carbonyl (C=O) groups is 1. The lowest BCUT2D eigenvalue weighted by Crippen LogP contribution is -2.34. The van der Waals surface area contributed by atoms with E-state index in [2.05, 4.69) is 5.32 Å². The molecule has 0 saturated heterocycles. The first-order valence-corrected chi connectivity index (χ1v) is 6.11. The summed E-state index contributed by atoms with van der Waals surface area (Å²) in [5, 5.41) is 2.90. The van der Waals surface area contributed by atoms with Crippen LogP contribution in [0.2, 0.25) is 0 Å². The number of nitrogens with one attached hydrogen (secondary N) is 1. The minimum absolute atomic E-state index is 0.0117. The topological polar surface area (TPSA) is 47.2 Å². The van der Waals surface area contributed by atoms with Crippen LogP contribution in [0.3, 0.4) is 0 Å². The van der Waals surface area contributed by atoms with Crippen molar-refractivity contribution in [3.8, 4) is 0 Å². The first-order valence-electron chi connectivity index (χ1n) is 6.11. The molecule has 2 aromatic heterocycles. The zero-order valence-electron chi connectivity index (χ0n) is 10.7. The summed E-state index contributed by atoms with van der Waals surface area (Å²) in [7, 11) is 0. The number of furan rings is 1. The van der Waals surface area contributed by atoms with Crippen molar-refractivity contribution in [2.45, 2.75) is 26.4 Å². The third kappa shape index (κ3) is 2.83. The number of hydrogen-bond donors (Lipinski definition) is 1. The molecule has 0 aliphatic heterocycles. The molecule has 0 aliphatic carbocycles. The molecule has 0 fully saturated rings. The zero-order chi connectivity index (χ0) is 13.0. The van der Waals surface area contributed by atoms with E-state index in [0.29, 0.717) is 6.54 Å². The Bertz CT molecular complexity index is 472. The van der Waals surface area contributed by atoms with Gasteiger partial charge in [0, 0.05) is 12.4 Å². The maximum Gasteiger partial charge on any atom is 0.243 e. The van der Waals surface area contributed by atoms with Gasteiger partial charge in [-0.2, -0.15) is 0 Å². The maximum absolute atomic E-state index is 12.2. The molecule has 4 heteroatoms. The van der Waals surface area contributed by atoms with Gasteiger partial charge in [0.25, 0.3) is 0 Å². The maximum atomic E-state index is 12.2. The number of nitrogens with zero attached hydrogens (tertiary/aromatic N) is 1. The summed E-state index contributed by atoms with van der Waals surface area (Å²) in [6, 6.07) is 7.33. The average molecular weight is 246 g/mol. The fourth-order valence-corrected chi connectivity index (χ4v) is 2.01. The van der Waals surface area contributed by atoms with Gasteiger partial charge in [-0.1, -0.05) is 13.8 Å². The Labute approximate surface area is 107 Å². The van der Waals surface area contributed by atoms with Gasteiger partial charge in [-0.3, -0.25) is 4.79 Å². The normalized spacial score (nSPS) is 12.6. The van der Waals surface area contributed by atoms with E-state index in [1.807, 2.05) is 55.1 Å². The van der Waals surface area contributed by atoms with Crippen molar-refractivity contribution in [2.75, 3.05) is 0 Å². The summed E-state index contributed by atoms with van der Waals surface area (Å²) in [6.07, 6.45) is 5.43. The molecular formula is C14H18N2O2. The quantitative estimate of drug-likeness (QED) is 0.881. The van der Waals surface area contributed by atoms with Crippen LogP contribution in [0.4, 0.5) is 0 Å². The third-order valence-electron chi connectivity index (χ3n) is 2.87. The van der Waals surface area contributed by atoms with E-state index in [-0.39, 0.29) is 17.9 Å². The largest absolute Gasteiger partial charge is 0.467 e. The first-order chi connectivity index (χ1) is 8.68. The molecule has 96 valence electrons. The Balaban J connectivity index is 2.01. The summed E-state index contributed by atoms with van der Waals surface area (Å²) in [5.74, 6) is 1.00. The molecule has 1 N–H and O–H groups in total. The lowest BCUT2D eigenvalue weighted by atomic mass is 10.0. The highest BCUT2D eigenvalue weighted by molar-refractivity contribution is 5.80. The van der Waals surface area contributed by atoms with Crippen LogP contribution in [0.15, 0.2) is 47.3 Å². The van der Waals surface area contributed by atoms with Gasteiger partial charge in [-0.25, -0.2) is 0 Å². The standard InChI is InChI=1S/C14H18N2O2/c1-11(2)13(16-7-3-4-8-16)14(17)15-10-12-6-5-9-18-12/h3-9,11,13H,10H2,1-2H3,(H,15,17)/t13-/m1/s1. The molecule has 0 bridgehead atoms. The monoisotopic (exact) mass is 246 g/mol. The van der Waals surface area contributed by atoms with Crippen LogP contribution >= 0.6 is 0 Å². The molecular weight excluding hydrogens is 228 g/mol. The first kappa shape index (κ1) is 12.5. The van der Waals surface area contributed by atoms with Crippen LogP contribution in [0, 0.1) is 5.92 Å². The van der Waals surface area contributed by atoms with Crippen LogP contribution in [0.25, 0.3) is 0 Å². The summed E-state index contributed by atoms with van der Waals surface area (Å²) >= 11 is 0. The molecule has 2 rings (SSSR count). The van der Waals surface area contributed by atoms with Crippen LogP contribution in [-0.4, -0.2) is 10.5 Å². The summed E-state index contributed by atoms with van der Waals surface area (Å²) in [5.41, 5.74) is 0. The minimum Gasteiger partial charge on any atom is -0.467 e. The van der Waals surface area contributed by atoms with Gasteiger partial charge in [-0.15, -0.1) is 0 Å². The van der Waals surface area contributed by atoms with Crippen molar-refractivity contribution in [1.29, 1.82) is 0 Å². The highest BCUT2D eigenvalue weighted by Crippen LogP contribution is 2.18. The van der Waals surface area contributed by atoms with Crippen LogP contribution in [0.1, 0.15) is 25.6 Å². The van der Waals surface area contributed by atoms with Crippen molar-refractivity contribution in [3.05, 3.63) is 48.7 Å². The van der Waals surface area contributed by atoms with Crippen LogP contribution in [-0.2, 0) is 11.3 Å². The van der Waals surface area contributed by atoms with Gasteiger partial charge in [0.05, 0.1) is 12.8 Å². The summed E-state index contributed by atoms with van der Waals surface area (Å²) in [6.45, 7) is 4.50. The summed E-state index contributed by atoms with van der Waals surface area (Å²) < 4.78 is 7.13. The van der Waals surface area contributed by atoms with Gasteiger partial charge in [-0.05, 0) is 30.2 Å². The summed E-state index contributed by atoms with van der Waals surface area (Å²) in [4.78, 5) is 12.2. The lowest BCUT2D eigenvalue weighted by Gasteiger charge is -2.21. The second-order valence-corrected chi connectivity index (χ2v) is 4.62. The van der Waals surface area contributed by atoms with Gasteiger partial charge in [0.2, 0.25) is 5.91 Å². The predicted octanol–water partition coefficient (Wildman–Crippen LogP) is 2.59. The molecule has 2 heterocycles. The molecule has 18 heavy (non-hydrogen) atoms. The Kier molecular flexibility index (Phi) is 3.87. The molecule has 0 saturated carbocycles. The molecule has 1 atom stereocenters. The Hall–Kier alpha value is -1.97. The number of aromatic nitrogens is 1. The molecule has 0 aromatic carbocycles. The van der Waals surface area contributed by atoms with E-state index in [1.54, 1.807) is 6.26 Å². The van der Waals surface area contributed by atoms with E-state index in [9.17, 15) is 4.79 Å². The fraction of sp³-hybridized carbons (Fsp3) is 0.357. The van der Waals surface area contributed by atoms with E-state index in [1.165, 1.54) is 0 Å². The number of carbonyl (C=O) groups excluding carboxylic acids is 1. The molecule has 1 amide bonds. The molecule has 2 aromatic rings. The van der Waals surface area contributed by atoms with E-state index in [4.69, 9.17) is 4.42 Å². The molecule has 0 unspecified atom stereocenters. The number of amides is 1. The smallest absolute Gasteiger partial charge is 0.243 e.